The summed E-state index contributed by atoms with van der Waals surface area (Å²) in [5, 5.41) is 3.10. The van der Waals surface area contributed by atoms with Gasteiger partial charge in [0.25, 0.3) is 0 Å². The summed E-state index contributed by atoms with van der Waals surface area (Å²) in [7, 11) is 3.88. The highest BCUT2D eigenvalue weighted by atomic mass is 16.3. The third kappa shape index (κ3) is 2.45. The quantitative estimate of drug-likeness (QED) is 0.877. The minimum atomic E-state index is 0.695. The lowest BCUT2D eigenvalue weighted by molar-refractivity contribution is 0.506. The Morgan fingerprint density at radius 1 is 1.39 bits per heavy atom. The summed E-state index contributed by atoms with van der Waals surface area (Å²) in [6, 6.07) is 3.85. The maximum Gasteiger partial charge on any atom is 0.137 e. The maximum atomic E-state index is 5.36. The van der Waals surface area contributed by atoms with Crippen molar-refractivity contribution in [3.63, 3.8) is 0 Å². The summed E-state index contributed by atoms with van der Waals surface area (Å²) in [5.74, 6) is 2.74. The molecule has 0 aliphatic heterocycles. The number of nitrogens with zero attached hydrogens (tertiary/aromatic N) is 3. The Morgan fingerprint density at radius 3 is 2.83 bits per heavy atom. The van der Waals surface area contributed by atoms with Gasteiger partial charge >= 0.3 is 0 Å². The lowest BCUT2D eigenvalue weighted by Gasteiger charge is -2.20. The van der Waals surface area contributed by atoms with Crippen molar-refractivity contribution in [1.82, 2.24) is 9.97 Å². The van der Waals surface area contributed by atoms with Gasteiger partial charge in [-0.25, -0.2) is 9.97 Å². The molecule has 2 heterocycles. The van der Waals surface area contributed by atoms with Crippen molar-refractivity contribution in [2.45, 2.75) is 19.9 Å². The second-order valence-corrected chi connectivity index (χ2v) is 4.06. The minimum absolute atomic E-state index is 0.695. The number of hydrogen-bond acceptors (Lipinski definition) is 5. The molecule has 0 saturated carbocycles. The lowest BCUT2D eigenvalue weighted by Crippen LogP contribution is -2.20. The first kappa shape index (κ1) is 12.4. The van der Waals surface area contributed by atoms with E-state index in [1.54, 1.807) is 12.6 Å². The van der Waals surface area contributed by atoms with Crippen molar-refractivity contribution in [3.05, 3.63) is 36.0 Å². The number of hydrogen-bond donors (Lipinski definition) is 1. The van der Waals surface area contributed by atoms with Crippen molar-refractivity contribution in [2.24, 2.45) is 0 Å². The molecular formula is C13H18N4O. The average molecular weight is 246 g/mol. The summed E-state index contributed by atoms with van der Waals surface area (Å²) in [5.41, 5.74) is 1.12. The van der Waals surface area contributed by atoms with E-state index >= 15 is 0 Å². The zero-order valence-corrected chi connectivity index (χ0v) is 11.0. The van der Waals surface area contributed by atoms with Crippen molar-refractivity contribution in [3.8, 4) is 0 Å². The Bertz CT molecular complexity index is 496. The van der Waals surface area contributed by atoms with E-state index in [-0.39, 0.29) is 0 Å². The van der Waals surface area contributed by atoms with Crippen LogP contribution in [0.1, 0.15) is 18.2 Å². The molecule has 0 unspecified atom stereocenters. The SMILES string of the molecule is CCc1c(NC)ncnc1N(C)Cc1ccco1. The second kappa shape index (κ2) is 5.53. The van der Waals surface area contributed by atoms with Crippen LogP contribution in [0, 0.1) is 0 Å². The van der Waals surface area contributed by atoms with E-state index in [4.69, 9.17) is 4.42 Å². The molecule has 0 aromatic carbocycles. The zero-order valence-electron chi connectivity index (χ0n) is 11.0. The van der Waals surface area contributed by atoms with Crippen LogP contribution in [0.15, 0.2) is 29.1 Å². The van der Waals surface area contributed by atoms with E-state index in [2.05, 4.69) is 27.1 Å². The zero-order chi connectivity index (χ0) is 13.0. The first-order chi connectivity index (χ1) is 8.76. The average Bonchev–Trinajstić information content (AvgIpc) is 2.90. The van der Waals surface area contributed by atoms with E-state index in [0.717, 1.165) is 29.4 Å². The van der Waals surface area contributed by atoms with Gasteiger partial charge in [0.05, 0.1) is 12.8 Å². The maximum absolute atomic E-state index is 5.36. The van der Waals surface area contributed by atoms with Crippen LogP contribution in [0.3, 0.4) is 0 Å². The molecule has 1 N–H and O–H groups in total. The van der Waals surface area contributed by atoms with Crippen LogP contribution in [0.4, 0.5) is 11.6 Å². The van der Waals surface area contributed by atoms with Crippen molar-refractivity contribution >= 4 is 11.6 Å². The fraction of sp³-hybridized carbons (Fsp3) is 0.385. The standard InChI is InChI=1S/C13H18N4O/c1-4-11-12(14-2)15-9-16-13(11)17(3)8-10-6-5-7-18-10/h5-7,9H,4,8H2,1-3H3,(H,14,15,16). The highest BCUT2D eigenvalue weighted by molar-refractivity contribution is 5.58. The summed E-state index contributed by atoms with van der Waals surface area (Å²) in [6.07, 6.45) is 4.15. The van der Waals surface area contributed by atoms with Gasteiger partial charge in [0.2, 0.25) is 0 Å². The third-order valence-electron chi connectivity index (χ3n) is 2.85. The Kier molecular flexibility index (Phi) is 3.82. The molecule has 0 saturated heterocycles. The van der Waals surface area contributed by atoms with Gasteiger partial charge in [0.1, 0.15) is 23.7 Å². The molecule has 0 amide bonds. The largest absolute Gasteiger partial charge is 0.467 e. The van der Waals surface area contributed by atoms with Crippen LogP contribution in [-0.2, 0) is 13.0 Å². The van der Waals surface area contributed by atoms with Gasteiger partial charge in [-0.3, -0.25) is 0 Å². The van der Waals surface area contributed by atoms with E-state index < -0.39 is 0 Å². The van der Waals surface area contributed by atoms with Crippen molar-refractivity contribution in [1.29, 1.82) is 0 Å². The van der Waals surface area contributed by atoms with Crippen molar-refractivity contribution < 1.29 is 4.42 Å². The monoisotopic (exact) mass is 246 g/mol. The van der Waals surface area contributed by atoms with Crippen LogP contribution in [0.5, 0.6) is 0 Å². The fourth-order valence-electron chi connectivity index (χ4n) is 1.98. The molecule has 2 rings (SSSR count). The molecule has 0 atom stereocenters. The summed E-state index contributed by atoms with van der Waals surface area (Å²) < 4.78 is 5.36. The molecule has 0 aliphatic carbocycles. The van der Waals surface area contributed by atoms with E-state index in [9.17, 15) is 0 Å². The molecule has 5 nitrogen and oxygen atoms in total. The van der Waals surface area contributed by atoms with E-state index in [1.807, 2.05) is 26.2 Å². The molecule has 2 aromatic heterocycles. The third-order valence-corrected chi connectivity index (χ3v) is 2.85. The van der Waals surface area contributed by atoms with Crippen LogP contribution < -0.4 is 10.2 Å². The Hall–Kier alpha value is -2.04. The molecule has 5 heteroatoms. The van der Waals surface area contributed by atoms with Gasteiger partial charge in [-0.2, -0.15) is 0 Å². The summed E-state index contributed by atoms with van der Waals surface area (Å²) >= 11 is 0. The van der Waals surface area contributed by atoms with Gasteiger partial charge in [-0.05, 0) is 18.6 Å². The topological polar surface area (TPSA) is 54.2 Å². The predicted molar refractivity (Wildman–Crippen MR) is 71.8 cm³/mol. The van der Waals surface area contributed by atoms with Gasteiger partial charge in [0.15, 0.2) is 0 Å². The molecular weight excluding hydrogens is 228 g/mol. The van der Waals surface area contributed by atoms with Crippen LogP contribution in [0.2, 0.25) is 0 Å². The van der Waals surface area contributed by atoms with E-state index in [1.165, 1.54) is 0 Å². The Balaban J connectivity index is 2.26. The number of furan rings is 1. The number of nitrogens with one attached hydrogen (secondary N) is 1. The van der Waals surface area contributed by atoms with Crippen LogP contribution in [0.25, 0.3) is 0 Å². The molecule has 0 spiro atoms. The number of rotatable bonds is 5. The number of aromatic nitrogens is 2. The summed E-state index contributed by atoms with van der Waals surface area (Å²) in [6.45, 7) is 2.80. The highest BCUT2D eigenvalue weighted by Crippen LogP contribution is 2.23. The minimum Gasteiger partial charge on any atom is -0.467 e. The first-order valence-corrected chi connectivity index (χ1v) is 6.01. The molecule has 96 valence electrons. The van der Waals surface area contributed by atoms with Gasteiger partial charge in [0, 0.05) is 19.7 Å². The van der Waals surface area contributed by atoms with Gasteiger partial charge in [-0.15, -0.1) is 0 Å². The smallest absolute Gasteiger partial charge is 0.137 e. The normalized spacial score (nSPS) is 10.4. The molecule has 0 radical (unpaired) electrons. The molecule has 0 fully saturated rings. The Labute approximate surface area is 107 Å². The second-order valence-electron chi connectivity index (χ2n) is 4.06. The summed E-state index contributed by atoms with van der Waals surface area (Å²) in [4.78, 5) is 10.7. The molecule has 18 heavy (non-hydrogen) atoms. The highest BCUT2D eigenvalue weighted by Gasteiger charge is 2.13. The fourth-order valence-corrected chi connectivity index (χ4v) is 1.98. The van der Waals surface area contributed by atoms with E-state index in [0.29, 0.717) is 6.54 Å². The Morgan fingerprint density at radius 2 is 2.22 bits per heavy atom. The first-order valence-electron chi connectivity index (χ1n) is 6.01. The predicted octanol–water partition coefficient (Wildman–Crippen LogP) is 2.31. The molecule has 2 aromatic rings. The van der Waals surface area contributed by atoms with Crippen LogP contribution >= 0.6 is 0 Å². The molecule has 0 aliphatic rings. The van der Waals surface area contributed by atoms with Gasteiger partial charge in [-0.1, -0.05) is 6.92 Å². The van der Waals surface area contributed by atoms with Crippen LogP contribution in [-0.4, -0.2) is 24.1 Å². The van der Waals surface area contributed by atoms with Gasteiger partial charge < -0.3 is 14.6 Å². The molecule has 0 bridgehead atoms. The number of anilines is 2. The van der Waals surface area contributed by atoms with Crippen molar-refractivity contribution in [2.75, 3.05) is 24.3 Å². The lowest BCUT2D eigenvalue weighted by atomic mass is 10.2.